The lowest BCUT2D eigenvalue weighted by atomic mass is 10.2. The van der Waals surface area contributed by atoms with Gasteiger partial charge in [-0.2, -0.15) is 0 Å². The lowest BCUT2D eigenvalue weighted by molar-refractivity contribution is 0.102. The van der Waals surface area contributed by atoms with Crippen molar-refractivity contribution in [2.24, 2.45) is 7.05 Å². The Bertz CT molecular complexity index is 895. The van der Waals surface area contributed by atoms with Gasteiger partial charge >= 0.3 is 5.69 Å². The fourth-order valence-corrected chi connectivity index (χ4v) is 2.34. The second kappa shape index (κ2) is 5.10. The SMILES string of the molecule is Cn1c(=O)[nH]c2cc(NC(=O)c3cccc(Cl)c3)ccc21. The lowest BCUT2D eigenvalue weighted by Crippen LogP contribution is -2.11. The molecule has 0 saturated heterocycles. The Morgan fingerprint density at radius 1 is 1.24 bits per heavy atom. The van der Waals surface area contributed by atoms with E-state index >= 15 is 0 Å². The first kappa shape index (κ1) is 13.5. The lowest BCUT2D eigenvalue weighted by Gasteiger charge is -2.06. The first-order chi connectivity index (χ1) is 10.0. The summed E-state index contributed by atoms with van der Waals surface area (Å²) in [5.74, 6) is -0.255. The van der Waals surface area contributed by atoms with Crippen LogP contribution in [-0.4, -0.2) is 15.5 Å². The summed E-state index contributed by atoms with van der Waals surface area (Å²) < 4.78 is 1.51. The van der Waals surface area contributed by atoms with Gasteiger partial charge in [-0.25, -0.2) is 4.79 Å². The van der Waals surface area contributed by atoms with E-state index in [2.05, 4.69) is 10.3 Å². The molecule has 5 nitrogen and oxygen atoms in total. The average molecular weight is 302 g/mol. The fourth-order valence-electron chi connectivity index (χ4n) is 2.15. The number of benzene rings is 2. The number of carbonyl (C=O) groups is 1. The average Bonchev–Trinajstić information content (AvgIpc) is 2.73. The summed E-state index contributed by atoms with van der Waals surface area (Å²) in [6, 6.07) is 12.0. The summed E-state index contributed by atoms with van der Waals surface area (Å²) >= 11 is 5.87. The van der Waals surface area contributed by atoms with Gasteiger partial charge < -0.3 is 10.3 Å². The second-order valence-electron chi connectivity index (χ2n) is 4.69. The normalized spacial score (nSPS) is 10.8. The molecule has 0 spiro atoms. The smallest absolute Gasteiger partial charge is 0.322 e. The van der Waals surface area contributed by atoms with E-state index < -0.39 is 0 Å². The van der Waals surface area contributed by atoms with Gasteiger partial charge in [0.05, 0.1) is 11.0 Å². The zero-order chi connectivity index (χ0) is 15.0. The molecular weight excluding hydrogens is 290 g/mol. The predicted octanol–water partition coefficient (Wildman–Crippen LogP) is 2.77. The third kappa shape index (κ3) is 2.55. The molecule has 0 bridgehead atoms. The number of nitrogens with one attached hydrogen (secondary N) is 2. The molecule has 2 N–H and O–H groups in total. The number of rotatable bonds is 2. The number of H-pyrrole nitrogens is 1. The number of aryl methyl sites for hydroxylation is 1. The van der Waals surface area contributed by atoms with Crippen LogP contribution < -0.4 is 11.0 Å². The topological polar surface area (TPSA) is 66.9 Å². The van der Waals surface area contributed by atoms with Crippen molar-refractivity contribution in [1.82, 2.24) is 9.55 Å². The molecule has 0 radical (unpaired) electrons. The first-order valence-electron chi connectivity index (χ1n) is 6.30. The number of hydrogen-bond donors (Lipinski definition) is 2. The second-order valence-corrected chi connectivity index (χ2v) is 5.12. The van der Waals surface area contributed by atoms with Gasteiger partial charge in [0.15, 0.2) is 0 Å². The molecule has 0 fully saturated rings. The molecule has 6 heteroatoms. The number of anilines is 1. The summed E-state index contributed by atoms with van der Waals surface area (Å²) in [4.78, 5) is 26.4. The molecule has 1 heterocycles. The van der Waals surface area contributed by atoms with E-state index in [0.717, 1.165) is 5.52 Å². The molecule has 2 aromatic carbocycles. The fraction of sp³-hybridized carbons (Fsp3) is 0.0667. The van der Waals surface area contributed by atoms with Crippen molar-refractivity contribution < 1.29 is 4.79 Å². The van der Waals surface area contributed by atoms with Crippen LogP contribution in [0.5, 0.6) is 0 Å². The maximum absolute atomic E-state index is 12.1. The Morgan fingerprint density at radius 2 is 2.05 bits per heavy atom. The molecule has 3 aromatic rings. The van der Waals surface area contributed by atoms with Crippen molar-refractivity contribution in [3.05, 3.63) is 63.5 Å². The van der Waals surface area contributed by atoms with E-state index in [9.17, 15) is 9.59 Å². The number of fused-ring (bicyclic) bond motifs is 1. The van der Waals surface area contributed by atoms with Crippen molar-refractivity contribution in [3.8, 4) is 0 Å². The van der Waals surface area contributed by atoms with Crippen LogP contribution in [0.4, 0.5) is 5.69 Å². The van der Waals surface area contributed by atoms with E-state index in [0.29, 0.717) is 21.8 Å². The Hall–Kier alpha value is -2.53. The zero-order valence-electron chi connectivity index (χ0n) is 11.2. The molecule has 0 atom stereocenters. The zero-order valence-corrected chi connectivity index (χ0v) is 11.9. The van der Waals surface area contributed by atoms with Crippen molar-refractivity contribution >= 4 is 34.2 Å². The van der Waals surface area contributed by atoms with Crippen LogP contribution in [0.3, 0.4) is 0 Å². The molecule has 0 saturated carbocycles. The molecule has 0 unspecified atom stereocenters. The monoisotopic (exact) mass is 301 g/mol. The van der Waals surface area contributed by atoms with E-state index in [1.54, 1.807) is 49.5 Å². The van der Waals surface area contributed by atoms with Crippen LogP contribution in [0.2, 0.25) is 5.02 Å². The standard InChI is InChI=1S/C15H12ClN3O2/c1-19-13-6-5-11(8-12(13)18-15(19)21)17-14(20)9-3-2-4-10(16)7-9/h2-8H,1H3,(H,17,20)(H,18,21). The summed E-state index contributed by atoms with van der Waals surface area (Å²) in [6.45, 7) is 0. The minimum atomic E-state index is -0.255. The molecule has 0 aliphatic rings. The molecule has 21 heavy (non-hydrogen) atoms. The number of halogens is 1. The minimum absolute atomic E-state index is 0.191. The number of carbonyl (C=O) groups excluding carboxylic acids is 1. The number of hydrogen-bond acceptors (Lipinski definition) is 2. The van der Waals surface area contributed by atoms with Crippen molar-refractivity contribution in [2.75, 3.05) is 5.32 Å². The van der Waals surface area contributed by atoms with Crippen LogP contribution in [-0.2, 0) is 7.05 Å². The minimum Gasteiger partial charge on any atom is -0.322 e. The maximum atomic E-state index is 12.1. The quantitative estimate of drug-likeness (QED) is 0.764. The Balaban J connectivity index is 1.91. The molecule has 3 rings (SSSR count). The molecular formula is C15H12ClN3O2. The molecule has 106 valence electrons. The highest BCUT2D eigenvalue weighted by atomic mass is 35.5. The van der Waals surface area contributed by atoms with Crippen molar-refractivity contribution in [3.63, 3.8) is 0 Å². The van der Waals surface area contributed by atoms with Gasteiger partial charge in [0.25, 0.3) is 5.91 Å². The third-order valence-electron chi connectivity index (χ3n) is 3.25. The highest BCUT2D eigenvalue weighted by Gasteiger charge is 2.08. The number of imidazole rings is 1. The third-order valence-corrected chi connectivity index (χ3v) is 3.48. The molecule has 0 aliphatic heterocycles. The maximum Gasteiger partial charge on any atom is 0.326 e. The molecule has 0 aliphatic carbocycles. The van der Waals surface area contributed by atoms with Gasteiger partial charge in [-0.1, -0.05) is 17.7 Å². The van der Waals surface area contributed by atoms with Crippen LogP contribution in [0, 0.1) is 0 Å². The summed E-state index contributed by atoms with van der Waals surface area (Å²) in [5, 5.41) is 3.28. The van der Waals surface area contributed by atoms with E-state index in [-0.39, 0.29) is 11.6 Å². The predicted molar refractivity (Wildman–Crippen MR) is 82.9 cm³/mol. The number of aromatic amines is 1. The Kier molecular flexibility index (Phi) is 3.27. The molecule has 1 amide bonds. The van der Waals surface area contributed by atoms with Crippen molar-refractivity contribution in [1.29, 1.82) is 0 Å². The summed E-state index contributed by atoms with van der Waals surface area (Å²) in [7, 11) is 1.69. The van der Waals surface area contributed by atoms with Crippen LogP contribution in [0.1, 0.15) is 10.4 Å². The Morgan fingerprint density at radius 3 is 2.81 bits per heavy atom. The van der Waals surface area contributed by atoms with Crippen LogP contribution in [0.15, 0.2) is 47.3 Å². The molecule has 1 aromatic heterocycles. The van der Waals surface area contributed by atoms with Gasteiger partial charge in [-0.05, 0) is 36.4 Å². The summed E-state index contributed by atoms with van der Waals surface area (Å²) in [5.41, 5.74) is 2.34. The van der Waals surface area contributed by atoms with Crippen molar-refractivity contribution in [2.45, 2.75) is 0 Å². The van der Waals surface area contributed by atoms with Gasteiger partial charge in [-0.15, -0.1) is 0 Å². The number of amides is 1. The number of aromatic nitrogens is 2. The van der Waals surface area contributed by atoms with Crippen LogP contribution >= 0.6 is 11.6 Å². The van der Waals surface area contributed by atoms with Gasteiger partial charge in [0.2, 0.25) is 0 Å². The number of nitrogens with zero attached hydrogens (tertiary/aromatic N) is 1. The summed E-state index contributed by atoms with van der Waals surface area (Å²) in [6.07, 6.45) is 0. The van der Waals surface area contributed by atoms with E-state index in [1.165, 1.54) is 4.57 Å². The van der Waals surface area contributed by atoms with Gasteiger partial charge in [0.1, 0.15) is 0 Å². The first-order valence-corrected chi connectivity index (χ1v) is 6.68. The van der Waals surface area contributed by atoms with Gasteiger partial charge in [0, 0.05) is 23.3 Å². The van der Waals surface area contributed by atoms with E-state index in [1.807, 2.05) is 0 Å². The highest BCUT2D eigenvalue weighted by Crippen LogP contribution is 2.17. The Labute approximate surface area is 125 Å². The van der Waals surface area contributed by atoms with E-state index in [4.69, 9.17) is 11.6 Å². The largest absolute Gasteiger partial charge is 0.326 e. The van der Waals surface area contributed by atoms with Crippen LogP contribution in [0.25, 0.3) is 11.0 Å². The highest BCUT2D eigenvalue weighted by molar-refractivity contribution is 6.31. The van der Waals surface area contributed by atoms with Gasteiger partial charge in [-0.3, -0.25) is 9.36 Å².